The highest BCUT2D eigenvalue weighted by Gasteiger charge is 2.38. The third kappa shape index (κ3) is 5.93. The minimum Gasteiger partial charge on any atom is -0.475 e. The van der Waals surface area contributed by atoms with Gasteiger partial charge in [-0.25, -0.2) is 13.6 Å². The maximum Gasteiger partial charge on any atom is 0.490 e. The van der Waals surface area contributed by atoms with Gasteiger partial charge in [0.25, 0.3) is 5.91 Å². The number of carboxylic acids is 1. The molecule has 0 bridgehead atoms. The average Bonchev–Trinajstić information content (AvgIpc) is 3.05. The Morgan fingerprint density at radius 2 is 1.61 bits per heavy atom. The number of carbonyl (C=O) groups is 2. The van der Waals surface area contributed by atoms with Gasteiger partial charge < -0.3 is 10.0 Å². The van der Waals surface area contributed by atoms with Gasteiger partial charge in [-0.1, -0.05) is 12.1 Å². The fourth-order valence-corrected chi connectivity index (χ4v) is 3.34. The molecular weight excluding hydrogens is 449 g/mol. The van der Waals surface area contributed by atoms with Crippen LogP contribution in [0.3, 0.4) is 0 Å². The number of aromatic nitrogens is 2. The largest absolute Gasteiger partial charge is 0.490 e. The lowest BCUT2D eigenvalue weighted by atomic mass is 10.0. The number of rotatable bonds is 2. The van der Waals surface area contributed by atoms with Crippen LogP contribution in [0.25, 0.3) is 11.3 Å². The third-order valence-corrected chi connectivity index (χ3v) is 4.94. The van der Waals surface area contributed by atoms with Crippen LogP contribution in [0.1, 0.15) is 21.6 Å². The van der Waals surface area contributed by atoms with Gasteiger partial charge in [0.2, 0.25) is 0 Å². The molecule has 2 N–H and O–H groups in total. The summed E-state index contributed by atoms with van der Waals surface area (Å²) in [5.41, 5.74) is 3.92. The van der Waals surface area contributed by atoms with Crippen molar-refractivity contribution >= 4 is 11.9 Å². The first-order valence-electron chi connectivity index (χ1n) is 9.73. The van der Waals surface area contributed by atoms with Crippen molar-refractivity contribution in [3.63, 3.8) is 0 Å². The number of nitrogens with one attached hydrogen (secondary N) is 1. The molecule has 11 heteroatoms. The van der Waals surface area contributed by atoms with Crippen molar-refractivity contribution in [2.45, 2.75) is 19.0 Å². The van der Waals surface area contributed by atoms with Crippen molar-refractivity contribution in [2.24, 2.45) is 0 Å². The number of hydrogen-bond acceptors (Lipinski definition) is 3. The van der Waals surface area contributed by atoms with Gasteiger partial charge in [-0.15, -0.1) is 0 Å². The number of alkyl halides is 3. The molecule has 0 radical (unpaired) electrons. The Balaban J connectivity index is 0.000000383. The van der Waals surface area contributed by atoms with Crippen LogP contribution in [0.5, 0.6) is 0 Å². The first-order chi connectivity index (χ1) is 15.6. The van der Waals surface area contributed by atoms with Crippen LogP contribution in [0.4, 0.5) is 22.0 Å². The summed E-state index contributed by atoms with van der Waals surface area (Å²) in [6.45, 7) is 1.08. The Morgan fingerprint density at radius 1 is 0.970 bits per heavy atom. The van der Waals surface area contributed by atoms with Gasteiger partial charge in [-0.05, 0) is 42.8 Å². The van der Waals surface area contributed by atoms with Crippen molar-refractivity contribution in [1.82, 2.24) is 15.1 Å². The molecule has 0 atom stereocenters. The molecule has 0 fully saturated rings. The van der Waals surface area contributed by atoms with Gasteiger partial charge in [-0.2, -0.15) is 18.3 Å². The normalized spacial score (nSPS) is 13.4. The topological polar surface area (TPSA) is 86.3 Å². The molecule has 0 unspecified atom stereocenters. The number of aliphatic carboxylic acids is 1. The lowest BCUT2D eigenvalue weighted by Crippen LogP contribution is -2.33. The van der Waals surface area contributed by atoms with Crippen molar-refractivity contribution in [3.8, 4) is 11.3 Å². The van der Waals surface area contributed by atoms with Gasteiger partial charge in [0, 0.05) is 41.9 Å². The van der Waals surface area contributed by atoms with E-state index in [2.05, 4.69) is 10.2 Å². The van der Waals surface area contributed by atoms with Crippen molar-refractivity contribution in [3.05, 3.63) is 77.0 Å². The molecule has 33 heavy (non-hydrogen) atoms. The molecule has 2 heterocycles. The predicted octanol–water partition coefficient (Wildman–Crippen LogP) is 4.23. The van der Waals surface area contributed by atoms with Crippen LogP contribution in [-0.2, 0) is 17.6 Å². The molecule has 174 valence electrons. The van der Waals surface area contributed by atoms with Gasteiger partial charge in [0.05, 0.1) is 5.69 Å². The molecule has 3 aromatic rings. The third-order valence-electron chi connectivity index (χ3n) is 4.94. The summed E-state index contributed by atoms with van der Waals surface area (Å²) in [6, 6.07) is 11.9. The number of H-pyrrole nitrogens is 1. The highest BCUT2D eigenvalue weighted by atomic mass is 19.4. The van der Waals surface area contributed by atoms with Gasteiger partial charge in [0.1, 0.15) is 11.6 Å². The highest BCUT2D eigenvalue weighted by Crippen LogP contribution is 2.27. The molecule has 0 aliphatic carbocycles. The molecule has 1 aliphatic rings. The average molecular weight is 467 g/mol. The van der Waals surface area contributed by atoms with E-state index in [1.165, 1.54) is 36.4 Å². The number of aromatic amines is 1. The summed E-state index contributed by atoms with van der Waals surface area (Å²) in [5.74, 6) is -3.54. The zero-order chi connectivity index (χ0) is 24.2. The van der Waals surface area contributed by atoms with Crippen LogP contribution in [0, 0.1) is 11.6 Å². The summed E-state index contributed by atoms with van der Waals surface area (Å²) in [6.07, 6.45) is -3.81. The van der Waals surface area contributed by atoms with E-state index in [-0.39, 0.29) is 17.5 Å². The molecule has 0 spiro atoms. The summed E-state index contributed by atoms with van der Waals surface area (Å²) in [5, 5.41) is 14.5. The quantitative estimate of drug-likeness (QED) is 0.553. The number of nitrogens with zero attached hydrogens (tertiary/aromatic N) is 2. The number of amides is 1. The molecule has 1 aliphatic heterocycles. The molecule has 1 aromatic heterocycles. The van der Waals surface area contributed by atoms with E-state index in [1.54, 1.807) is 11.0 Å². The standard InChI is InChI=1S/C20H17F2N3O.C2HF3O2/c21-15-6-4-13(5-7-15)20(26)25-10-8-17-18(9-11-25)23-24-19(17)14-2-1-3-16(22)12-14;3-2(4,5)1(6)7/h1-7,12H,8-11H2,(H,23,24);(H,6,7). The van der Waals surface area contributed by atoms with Crippen LogP contribution < -0.4 is 0 Å². The number of halogens is 5. The first-order valence-corrected chi connectivity index (χ1v) is 9.73. The Hall–Kier alpha value is -3.76. The van der Waals surface area contributed by atoms with Crippen molar-refractivity contribution < 1.29 is 36.6 Å². The van der Waals surface area contributed by atoms with Crippen molar-refractivity contribution in [1.29, 1.82) is 0 Å². The van der Waals surface area contributed by atoms with E-state index in [1.807, 2.05) is 6.07 Å². The van der Waals surface area contributed by atoms with Crippen LogP contribution >= 0.6 is 0 Å². The Morgan fingerprint density at radius 3 is 2.21 bits per heavy atom. The maximum absolute atomic E-state index is 13.5. The van der Waals surface area contributed by atoms with Crippen LogP contribution in [-0.4, -0.2) is 51.3 Å². The van der Waals surface area contributed by atoms with E-state index in [4.69, 9.17) is 9.90 Å². The van der Waals surface area contributed by atoms with Gasteiger partial charge in [0.15, 0.2) is 0 Å². The Bertz CT molecular complexity index is 1140. The van der Waals surface area contributed by atoms with Gasteiger partial charge >= 0.3 is 12.1 Å². The highest BCUT2D eigenvalue weighted by molar-refractivity contribution is 5.94. The fraction of sp³-hybridized carbons (Fsp3) is 0.227. The van der Waals surface area contributed by atoms with E-state index in [0.717, 1.165) is 22.5 Å². The SMILES string of the molecule is O=C(O)C(F)(F)F.O=C(c1ccc(F)cc1)N1CCc2[nH]nc(-c3cccc(F)c3)c2CC1. The zero-order valence-corrected chi connectivity index (χ0v) is 17.0. The molecule has 0 saturated heterocycles. The minimum absolute atomic E-state index is 0.115. The second kappa shape index (κ2) is 9.80. The lowest BCUT2D eigenvalue weighted by Gasteiger charge is -2.20. The van der Waals surface area contributed by atoms with E-state index >= 15 is 0 Å². The molecule has 1 amide bonds. The van der Waals surface area contributed by atoms with Gasteiger partial charge in [-0.3, -0.25) is 9.89 Å². The van der Waals surface area contributed by atoms with E-state index < -0.39 is 12.1 Å². The fourth-order valence-electron chi connectivity index (χ4n) is 3.34. The molecule has 2 aromatic carbocycles. The molecule has 6 nitrogen and oxygen atoms in total. The summed E-state index contributed by atoms with van der Waals surface area (Å²) in [4.78, 5) is 23.3. The van der Waals surface area contributed by atoms with E-state index in [9.17, 15) is 26.7 Å². The second-order valence-electron chi connectivity index (χ2n) is 7.14. The first kappa shape index (κ1) is 23.9. The second-order valence-corrected chi connectivity index (χ2v) is 7.14. The number of fused-ring (bicyclic) bond motifs is 1. The number of benzene rings is 2. The Labute approximate surface area is 184 Å². The monoisotopic (exact) mass is 467 g/mol. The summed E-state index contributed by atoms with van der Waals surface area (Å²) in [7, 11) is 0. The van der Waals surface area contributed by atoms with Crippen molar-refractivity contribution in [2.75, 3.05) is 13.1 Å². The summed E-state index contributed by atoms with van der Waals surface area (Å²) >= 11 is 0. The van der Waals surface area contributed by atoms with E-state index in [0.29, 0.717) is 31.5 Å². The maximum atomic E-state index is 13.5. The number of hydrogen-bond donors (Lipinski definition) is 2. The number of carboxylic acid groups (broad SMARTS) is 1. The minimum atomic E-state index is -5.08. The van der Waals surface area contributed by atoms with Crippen LogP contribution in [0.15, 0.2) is 48.5 Å². The lowest BCUT2D eigenvalue weighted by molar-refractivity contribution is -0.192. The molecule has 4 rings (SSSR count). The zero-order valence-electron chi connectivity index (χ0n) is 17.0. The molecular formula is C22H18F5N3O3. The molecule has 0 saturated carbocycles. The smallest absolute Gasteiger partial charge is 0.475 e. The summed E-state index contributed by atoms with van der Waals surface area (Å²) < 4.78 is 58.3. The Kier molecular flexibility index (Phi) is 7.10. The number of carbonyl (C=O) groups excluding carboxylic acids is 1. The predicted molar refractivity (Wildman–Crippen MR) is 107 cm³/mol. The van der Waals surface area contributed by atoms with Crippen LogP contribution in [0.2, 0.25) is 0 Å².